The van der Waals surface area contributed by atoms with Crippen LogP contribution in [0.3, 0.4) is 0 Å². The van der Waals surface area contributed by atoms with E-state index in [1.807, 2.05) is 14.0 Å². The van der Waals surface area contributed by atoms with Crippen molar-refractivity contribution in [2.75, 3.05) is 40.8 Å². The summed E-state index contributed by atoms with van der Waals surface area (Å²) in [6, 6.07) is 0.633. The summed E-state index contributed by atoms with van der Waals surface area (Å²) in [6.07, 6.45) is 2.63. The summed E-state index contributed by atoms with van der Waals surface area (Å²) in [4.78, 5) is 13.8. The second-order valence-electron chi connectivity index (χ2n) is 7.44. The molecule has 1 aliphatic heterocycles. The standard InChI is InChI=1S/C19H35N5OS/c1-14(2)24-9-7-8-16(11-24)10-21-19(20-4)23(5)12-17-13-26-18(22-17)15(3)25-6/h13-16H,7-12H2,1-6H3,(H,20,21). The summed E-state index contributed by atoms with van der Waals surface area (Å²) < 4.78 is 5.35. The minimum Gasteiger partial charge on any atom is -0.375 e. The zero-order valence-corrected chi connectivity index (χ0v) is 18.0. The first kappa shape index (κ1) is 21.1. The number of nitrogens with one attached hydrogen (secondary N) is 1. The Morgan fingerprint density at radius 3 is 2.92 bits per heavy atom. The molecule has 0 bridgehead atoms. The van der Waals surface area contributed by atoms with Gasteiger partial charge in [0.15, 0.2) is 5.96 Å². The largest absolute Gasteiger partial charge is 0.375 e. The quantitative estimate of drug-likeness (QED) is 0.581. The smallest absolute Gasteiger partial charge is 0.193 e. The predicted octanol–water partition coefficient (Wildman–Crippen LogP) is 2.98. The third-order valence-corrected chi connectivity index (χ3v) is 6.13. The Labute approximate surface area is 162 Å². The van der Waals surface area contributed by atoms with Crippen molar-refractivity contribution in [3.05, 3.63) is 16.1 Å². The third kappa shape index (κ3) is 5.93. The Bertz CT molecular complexity index is 574. The molecule has 1 aromatic rings. The molecule has 2 heterocycles. The van der Waals surface area contributed by atoms with Gasteiger partial charge in [0.25, 0.3) is 0 Å². The highest BCUT2D eigenvalue weighted by Gasteiger charge is 2.22. The maximum Gasteiger partial charge on any atom is 0.193 e. The average Bonchev–Trinajstić information content (AvgIpc) is 3.10. The van der Waals surface area contributed by atoms with Crippen LogP contribution >= 0.6 is 11.3 Å². The van der Waals surface area contributed by atoms with E-state index in [1.54, 1.807) is 18.4 Å². The molecule has 6 nitrogen and oxygen atoms in total. The molecule has 7 heteroatoms. The number of ether oxygens (including phenoxy) is 1. The van der Waals surface area contributed by atoms with E-state index in [9.17, 15) is 0 Å². The van der Waals surface area contributed by atoms with Gasteiger partial charge in [-0.2, -0.15) is 0 Å². The first-order chi connectivity index (χ1) is 12.4. The molecule has 2 rings (SSSR count). The van der Waals surface area contributed by atoms with Crippen molar-refractivity contribution in [3.8, 4) is 0 Å². The Balaban J connectivity index is 1.85. The highest BCUT2D eigenvalue weighted by atomic mass is 32.1. The molecule has 1 saturated heterocycles. The molecule has 0 amide bonds. The van der Waals surface area contributed by atoms with Gasteiger partial charge in [-0.15, -0.1) is 11.3 Å². The molecule has 0 saturated carbocycles. The zero-order chi connectivity index (χ0) is 19.1. The topological polar surface area (TPSA) is 53.0 Å². The second-order valence-corrected chi connectivity index (χ2v) is 8.33. The van der Waals surface area contributed by atoms with Crippen LogP contribution in [-0.2, 0) is 11.3 Å². The van der Waals surface area contributed by atoms with E-state index < -0.39 is 0 Å². The van der Waals surface area contributed by atoms with Gasteiger partial charge in [-0.25, -0.2) is 4.98 Å². The fourth-order valence-electron chi connectivity index (χ4n) is 3.35. The van der Waals surface area contributed by atoms with Crippen molar-refractivity contribution >= 4 is 17.3 Å². The lowest BCUT2D eigenvalue weighted by atomic mass is 9.97. The summed E-state index contributed by atoms with van der Waals surface area (Å²) in [5.41, 5.74) is 1.06. The van der Waals surface area contributed by atoms with Crippen LogP contribution in [0.25, 0.3) is 0 Å². The van der Waals surface area contributed by atoms with E-state index in [1.165, 1.54) is 25.9 Å². The van der Waals surface area contributed by atoms with E-state index in [0.29, 0.717) is 12.0 Å². The SMILES string of the molecule is CN=C(NCC1CCCN(C(C)C)C1)N(C)Cc1csc(C(C)OC)n1. The monoisotopic (exact) mass is 381 g/mol. The van der Waals surface area contributed by atoms with Crippen molar-refractivity contribution in [3.63, 3.8) is 0 Å². The van der Waals surface area contributed by atoms with Gasteiger partial charge in [0, 0.05) is 45.7 Å². The van der Waals surface area contributed by atoms with Crippen molar-refractivity contribution in [2.45, 2.75) is 52.3 Å². The van der Waals surface area contributed by atoms with Crippen LogP contribution in [-0.4, -0.2) is 67.6 Å². The maximum absolute atomic E-state index is 5.35. The Kier molecular flexibility index (Phi) is 8.31. The van der Waals surface area contributed by atoms with Crippen LogP contribution in [0.15, 0.2) is 10.4 Å². The number of aliphatic imine (C=N–C) groups is 1. The van der Waals surface area contributed by atoms with E-state index in [0.717, 1.165) is 29.8 Å². The van der Waals surface area contributed by atoms with Gasteiger partial charge in [0.1, 0.15) is 11.1 Å². The number of piperidine rings is 1. The first-order valence-electron chi connectivity index (χ1n) is 9.57. The maximum atomic E-state index is 5.35. The Morgan fingerprint density at radius 1 is 1.50 bits per heavy atom. The van der Waals surface area contributed by atoms with Gasteiger partial charge in [0.2, 0.25) is 0 Å². The molecule has 0 radical (unpaired) electrons. The lowest BCUT2D eigenvalue weighted by Gasteiger charge is -2.36. The minimum atomic E-state index is 0.0479. The summed E-state index contributed by atoms with van der Waals surface area (Å²) in [5.74, 6) is 1.62. The van der Waals surface area contributed by atoms with Crippen LogP contribution in [0.1, 0.15) is 50.4 Å². The lowest BCUT2D eigenvalue weighted by molar-refractivity contribution is 0.119. The van der Waals surface area contributed by atoms with Crippen LogP contribution < -0.4 is 5.32 Å². The fourth-order valence-corrected chi connectivity index (χ4v) is 4.20. The molecule has 0 aliphatic carbocycles. The van der Waals surface area contributed by atoms with E-state index >= 15 is 0 Å². The number of nitrogens with zero attached hydrogens (tertiary/aromatic N) is 4. The summed E-state index contributed by atoms with van der Waals surface area (Å²) in [7, 11) is 5.63. The van der Waals surface area contributed by atoms with Gasteiger partial charge < -0.3 is 19.9 Å². The first-order valence-corrected chi connectivity index (χ1v) is 10.5. The number of hydrogen-bond acceptors (Lipinski definition) is 5. The highest BCUT2D eigenvalue weighted by Crippen LogP contribution is 2.21. The molecule has 1 aliphatic rings. The number of aromatic nitrogens is 1. The van der Waals surface area contributed by atoms with Crippen molar-refractivity contribution in [1.29, 1.82) is 0 Å². The number of thiazole rings is 1. The lowest BCUT2D eigenvalue weighted by Crippen LogP contribution is -2.46. The van der Waals surface area contributed by atoms with E-state index in [-0.39, 0.29) is 6.10 Å². The number of methoxy groups -OCH3 is 1. The molecule has 1 aromatic heterocycles. The molecule has 1 N–H and O–H groups in total. The molecule has 1 fully saturated rings. The number of likely N-dealkylation sites (tertiary alicyclic amines) is 1. The second kappa shape index (κ2) is 10.2. The van der Waals surface area contributed by atoms with Gasteiger partial charge in [0.05, 0.1) is 12.2 Å². The van der Waals surface area contributed by atoms with E-state index in [2.05, 4.69) is 51.4 Å². The highest BCUT2D eigenvalue weighted by molar-refractivity contribution is 7.09. The molecule has 0 aromatic carbocycles. The van der Waals surface area contributed by atoms with Crippen LogP contribution in [0, 0.1) is 5.92 Å². The predicted molar refractivity (Wildman–Crippen MR) is 110 cm³/mol. The fraction of sp³-hybridized carbons (Fsp3) is 0.789. The Morgan fingerprint density at radius 2 is 2.27 bits per heavy atom. The molecular formula is C19H35N5OS. The summed E-state index contributed by atoms with van der Waals surface area (Å²) >= 11 is 1.65. The van der Waals surface area contributed by atoms with Gasteiger partial charge in [-0.3, -0.25) is 4.99 Å². The normalized spacial score (nSPS) is 20.4. The number of hydrogen-bond donors (Lipinski definition) is 1. The molecular weight excluding hydrogens is 346 g/mol. The Hall–Kier alpha value is -1.18. The van der Waals surface area contributed by atoms with Gasteiger partial charge in [-0.05, 0) is 46.1 Å². The minimum absolute atomic E-state index is 0.0479. The number of guanidine groups is 1. The number of rotatable bonds is 7. The van der Waals surface area contributed by atoms with Crippen LogP contribution in [0.4, 0.5) is 0 Å². The molecule has 0 spiro atoms. The van der Waals surface area contributed by atoms with Crippen molar-refractivity contribution in [1.82, 2.24) is 20.1 Å². The molecule has 2 unspecified atom stereocenters. The third-order valence-electron chi connectivity index (χ3n) is 5.07. The van der Waals surface area contributed by atoms with Gasteiger partial charge >= 0.3 is 0 Å². The van der Waals surface area contributed by atoms with Crippen molar-refractivity contribution < 1.29 is 4.74 Å². The van der Waals surface area contributed by atoms with E-state index in [4.69, 9.17) is 4.74 Å². The molecule has 26 heavy (non-hydrogen) atoms. The van der Waals surface area contributed by atoms with Crippen molar-refractivity contribution in [2.24, 2.45) is 10.9 Å². The van der Waals surface area contributed by atoms with Crippen LogP contribution in [0.5, 0.6) is 0 Å². The zero-order valence-electron chi connectivity index (χ0n) is 17.2. The summed E-state index contributed by atoms with van der Waals surface area (Å²) in [5, 5.41) is 6.69. The molecule has 2 atom stereocenters. The average molecular weight is 382 g/mol. The molecule has 148 valence electrons. The summed E-state index contributed by atoms with van der Waals surface area (Å²) in [6.45, 7) is 10.7. The van der Waals surface area contributed by atoms with Crippen LogP contribution in [0.2, 0.25) is 0 Å². The van der Waals surface area contributed by atoms with Gasteiger partial charge in [-0.1, -0.05) is 0 Å².